The molecule has 0 spiro atoms. The van der Waals surface area contributed by atoms with Crippen molar-refractivity contribution in [1.82, 2.24) is 10.6 Å². The third-order valence-electron chi connectivity index (χ3n) is 9.44. The van der Waals surface area contributed by atoms with Crippen LogP contribution in [0.4, 0.5) is 0 Å². The SMILES string of the molecule is CC(C)C[C@H](O)[C@H](O)[C@H](CC1CCCCC1)NC(=O)[C@H](CC1CC1)NC(=O)[C@H](Cc1ccccc1)CS(=O)(=O)Cc1ccccc1. The van der Waals surface area contributed by atoms with E-state index in [1.54, 1.807) is 24.3 Å². The monoisotopic (exact) mass is 654 g/mol. The van der Waals surface area contributed by atoms with Crippen LogP contribution in [0, 0.1) is 23.7 Å². The molecule has 9 heteroatoms. The van der Waals surface area contributed by atoms with Crippen molar-refractivity contribution in [3.63, 3.8) is 0 Å². The third-order valence-corrected chi connectivity index (χ3v) is 11.1. The summed E-state index contributed by atoms with van der Waals surface area (Å²) in [5, 5.41) is 28.1. The molecule has 0 aliphatic heterocycles. The number of hydrogen-bond donors (Lipinski definition) is 4. The zero-order valence-corrected chi connectivity index (χ0v) is 28.3. The van der Waals surface area contributed by atoms with E-state index in [4.69, 9.17) is 0 Å². The Balaban J connectivity index is 1.51. The molecule has 2 fully saturated rings. The van der Waals surface area contributed by atoms with E-state index in [1.807, 2.05) is 50.2 Å². The van der Waals surface area contributed by atoms with Gasteiger partial charge in [0.2, 0.25) is 11.8 Å². The molecule has 0 heterocycles. The Bertz CT molecular complexity index is 1330. The van der Waals surface area contributed by atoms with Gasteiger partial charge in [0.05, 0.1) is 29.6 Å². The fourth-order valence-electron chi connectivity index (χ4n) is 6.77. The van der Waals surface area contributed by atoms with Crippen molar-refractivity contribution in [3.8, 4) is 0 Å². The van der Waals surface area contributed by atoms with Crippen LogP contribution in [0.5, 0.6) is 0 Å². The zero-order valence-electron chi connectivity index (χ0n) is 27.5. The minimum absolute atomic E-state index is 0.169. The molecule has 2 aromatic carbocycles. The number of nitrogens with one attached hydrogen (secondary N) is 2. The largest absolute Gasteiger partial charge is 0.390 e. The Kier molecular flexibility index (Phi) is 13.7. The lowest BCUT2D eigenvalue weighted by molar-refractivity contribution is -0.132. The highest BCUT2D eigenvalue weighted by Gasteiger charge is 2.37. The van der Waals surface area contributed by atoms with Gasteiger partial charge in [0, 0.05) is 0 Å². The molecule has 4 rings (SSSR count). The maximum absolute atomic E-state index is 13.9. The molecule has 2 aliphatic rings. The van der Waals surface area contributed by atoms with Crippen molar-refractivity contribution in [2.75, 3.05) is 5.75 Å². The predicted molar refractivity (Wildman–Crippen MR) is 181 cm³/mol. The number of carbonyl (C=O) groups is 2. The number of amides is 2. The molecule has 0 aromatic heterocycles. The van der Waals surface area contributed by atoms with Gasteiger partial charge in [0.25, 0.3) is 0 Å². The Morgan fingerprint density at radius 2 is 1.37 bits per heavy atom. The molecule has 5 atom stereocenters. The van der Waals surface area contributed by atoms with Crippen LogP contribution in [0.3, 0.4) is 0 Å². The second-order valence-electron chi connectivity index (χ2n) is 14.2. The topological polar surface area (TPSA) is 133 Å². The highest BCUT2D eigenvalue weighted by molar-refractivity contribution is 7.90. The fourth-order valence-corrected chi connectivity index (χ4v) is 8.47. The van der Waals surface area contributed by atoms with Crippen LogP contribution >= 0.6 is 0 Å². The number of carbonyl (C=O) groups excluding carboxylic acids is 2. The van der Waals surface area contributed by atoms with Crippen molar-refractivity contribution in [1.29, 1.82) is 0 Å². The van der Waals surface area contributed by atoms with Crippen LogP contribution < -0.4 is 10.6 Å². The molecule has 8 nitrogen and oxygen atoms in total. The standard InChI is InChI=1S/C37H54N2O6S/c1-26(2)20-34(40)35(41)32(22-28-14-8-4-9-15-28)38-37(43)33(23-29-18-19-29)39-36(42)31(21-27-12-6-3-7-13-27)25-46(44,45)24-30-16-10-5-11-17-30/h3,5-7,10-13,16-17,26,28-29,31-35,40-41H,4,8-9,14-15,18-25H2,1-2H3,(H,38,43)(H,39,42)/t31-,32+,33+,34+,35-/m1/s1. The van der Waals surface area contributed by atoms with E-state index in [9.17, 15) is 28.2 Å². The third kappa shape index (κ3) is 12.1. The van der Waals surface area contributed by atoms with E-state index >= 15 is 0 Å². The Morgan fingerprint density at radius 3 is 1.96 bits per heavy atom. The molecule has 2 saturated carbocycles. The molecular weight excluding hydrogens is 600 g/mol. The van der Waals surface area contributed by atoms with E-state index in [2.05, 4.69) is 10.6 Å². The molecule has 4 N–H and O–H groups in total. The molecule has 2 amide bonds. The maximum atomic E-state index is 13.9. The summed E-state index contributed by atoms with van der Waals surface area (Å²) in [6.45, 7) is 3.97. The molecular formula is C37H54N2O6S. The van der Waals surface area contributed by atoms with E-state index in [0.29, 0.717) is 36.7 Å². The molecule has 0 radical (unpaired) electrons. The quantitative estimate of drug-likeness (QED) is 0.180. The summed E-state index contributed by atoms with van der Waals surface area (Å²) >= 11 is 0. The second kappa shape index (κ2) is 17.4. The Labute approximate surface area is 275 Å². The van der Waals surface area contributed by atoms with E-state index < -0.39 is 46.0 Å². The number of aliphatic hydroxyl groups is 2. The number of benzene rings is 2. The summed E-state index contributed by atoms with van der Waals surface area (Å²) in [7, 11) is -3.65. The molecule has 254 valence electrons. The number of sulfone groups is 1. The number of aliphatic hydroxyl groups excluding tert-OH is 2. The normalized spacial score (nSPS) is 19.2. The summed E-state index contributed by atoms with van der Waals surface area (Å²) in [6, 6.07) is 16.8. The first-order valence-corrected chi connectivity index (χ1v) is 19.1. The first-order valence-electron chi connectivity index (χ1n) is 17.2. The van der Waals surface area contributed by atoms with Crippen LogP contribution in [0.15, 0.2) is 60.7 Å². The van der Waals surface area contributed by atoms with E-state index in [-0.39, 0.29) is 29.8 Å². The van der Waals surface area contributed by atoms with Crippen molar-refractivity contribution >= 4 is 21.7 Å². The van der Waals surface area contributed by atoms with Crippen LogP contribution in [0.1, 0.15) is 89.2 Å². The van der Waals surface area contributed by atoms with E-state index in [1.165, 1.54) is 6.42 Å². The number of rotatable bonds is 18. The van der Waals surface area contributed by atoms with Gasteiger partial charge in [0.15, 0.2) is 9.84 Å². The Morgan fingerprint density at radius 1 is 0.783 bits per heavy atom. The van der Waals surface area contributed by atoms with Crippen molar-refractivity contribution in [2.24, 2.45) is 23.7 Å². The Hall–Kier alpha value is -2.75. The average molecular weight is 655 g/mol. The van der Waals surface area contributed by atoms with Gasteiger partial charge in [0.1, 0.15) is 12.1 Å². The van der Waals surface area contributed by atoms with Crippen molar-refractivity contribution in [2.45, 2.75) is 115 Å². The zero-order chi connectivity index (χ0) is 33.1. The van der Waals surface area contributed by atoms with Crippen molar-refractivity contribution in [3.05, 3.63) is 71.8 Å². The van der Waals surface area contributed by atoms with Gasteiger partial charge in [-0.15, -0.1) is 0 Å². The van der Waals surface area contributed by atoms with Gasteiger partial charge >= 0.3 is 0 Å². The fraction of sp³-hybridized carbons (Fsp3) is 0.622. The van der Waals surface area contributed by atoms with Crippen LogP contribution in [0.25, 0.3) is 0 Å². The van der Waals surface area contributed by atoms with Crippen LogP contribution in [0.2, 0.25) is 0 Å². The summed E-state index contributed by atoms with van der Waals surface area (Å²) in [4.78, 5) is 27.8. The van der Waals surface area contributed by atoms with Crippen molar-refractivity contribution < 1.29 is 28.2 Å². The van der Waals surface area contributed by atoms with Gasteiger partial charge in [-0.05, 0) is 54.6 Å². The molecule has 0 unspecified atom stereocenters. The van der Waals surface area contributed by atoms with Gasteiger partial charge in [-0.3, -0.25) is 9.59 Å². The lowest BCUT2D eigenvalue weighted by Gasteiger charge is -2.34. The highest BCUT2D eigenvalue weighted by atomic mass is 32.2. The summed E-state index contributed by atoms with van der Waals surface area (Å²) in [5.41, 5.74) is 1.50. The molecule has 2 aromatic rings. The summed E-state index contributed by atoms with van der Waals surface area (Å²) < 4.78 is 26.7. The first kappa shape index (κ1) is 36.1. The van der Waals surface area contributed by atoms with Crippen LogP contribution in [-0.4, -0.2) is 60.5 Å². The van der Waals surface area contributed by atoms with Gasteiger partial charge in [-0.25, -0.2) is 8.42 Å². The summed E-state index contributed by atoms with van der Waals surface area (Å²) in [6.07, 6.45) is 6.98. The minimum atomic E-state index is -3.65. The van der Waals surface area contributed by atoms with Crippen LogP contribution in [-0.2, 0) is 31.6 Å². The smallest absolute Gasteiger partial charge is 0.242 e. The predicted octanol–water partition coefficient (Wildman–Crippen LogP) is 4.97. The molecule has 0 bridgehead atoms. The first-order chi connectivity index (χ1) is 22.0. The lowest BCUT2D eigenvalue weighted by Crippen LogP contribution is -2.56. The second-order valence-corrected chi connectivity index (χ2v) is 16.3. The van der Waals surface area contributed by atoms with E-state index in [0.717, 1.165) is 44.1 Å². The molecule has 0 saturated heterocycles. The number of hydrogen-bond acceptors (Lipinski definition) is 6. The summed E-state index contributed by atoms with van der Waals surface area (Å²) in [5.74, 6) is -1.42. The minimum Gasteiger partial charge on any atom is -0.390 e. The highest BCUT2D eigenvalue weighted by Crippen LogP contribution is 2.34. The average Bonchev–Trinajstić information content (AvgIpc) is 3.84. The lowest BCUT2D eigenvalue weighted by atomic mass is 9.82. The molecule has 46 heavy (non-hydrogen) atoms. The molecule has 2 aliphatic carbocycles. The van der Waals surface area contributed by atoms with Gasteiger partial charge < -0.3 is 20.8 Å². The van der Waals surface area contributed by atoms with Gasteiger partial charge in [-0.1, -0.05) is 119 Å². The maximum Gasteiger partial charge on any atom is 0.242 e. The van der Waals surface area contributed by atoms with Gasteiger partial charge in [-0.2, -0.15) is 0 Å².